The van der Waals surface area contributed by atoms with E-state index in [1.165, 1.54) is 0 Å². The van der Waals surface area contributed by atoms with Gasteiger partial charge in [0.25, 0.3) is 0 Å². The van der Waals surface area contributed by atoms with Crippen LogP contribution in [0.15, 0.2) is 36.4 Å². The topological polar surface area (TPSA) is 106 Å². The summed E-state index contributed by atoms with van der Waals surface area (Å²) in [6.07, 6.45) is 1.83. The summed E-state index contributed by atoms with van der Waals surface area (Å²) in [4.78, 5) is 23.9. The Hall–Kier alpha value is -3.06. The molecule has 2 aromatic carbocycles. The van der Waals surface area contributed by atoms with Crippen molar-refractivity contribution < 1.29 is 9.59 Å². The summed E-state index contributed by atoms with van der Waals surface area (Å²) in [6.45, 7) is 0.662. The number of amides is 2. The SMILES string of the molecule is N#Cc1ccc(CNC(=O)CCCCC(=O)NCc2ccc(C#N)c(Cl)c2)cc1Cl. The molecule has 0 aliphatic heterocycles. The zero-order valence-corrected chi connectivity index (χ0v) is 17.7. The van der Waals surface area contributed by atoms with Crippen molar-refractivity contribution in [2.24, 2.45) is 0 Å². The van der Waals surface area contributed by atoms with Crippen LogP contribution in [0.4, 0.5) is 0 Å². The Morgan fingerprint density at radius 1 is 0.767 bits per heavy atom. The lowest BCUT2D eigenvalue weighted by molar-refractivity contribution is -0.123. The fourth-order valence-corrected chi connectivity index (χ4v) is 3.16. The molecule has 0 spiro atoms. The number of rotatable bonds is 9. The molecule has 0 unspecified atom stereocenters. The average Bonchev–Trinajstić information content (AvgIpc) is 2.74. The molecule has 154 valence electrons. The lowest BCUT2D eigenvalue weighted by Gasteiger charge is -2.08. The van der Waals surface area contributed by atoms with Crippen molar-refractivity contribution in [1.82, 2.24) is 10.6 Å². The molecule has 0 heterocycles. The van der Waals surface area contributed by atoms with Crippen LogP contribution in [0.2, 0.25) is 10.0 Å². The van der Waals surface area contributed by atoms with E-state index in [-0.39, 0.29) is 11.8 Å². The van der Waals surface area contributed by atoms with E-state index in [0.717, 1.165) is 11.1 Å². The third-order valence-electron chi connectivity index (χ3n) is 4.34. The van der Waals surface area contributed by atoms with Gasteiger partial charge in [-0.25, -0.2) is 0 Å². The molecule has 0 aliphatic rings. The summed E-state index contributed by atoms with van der Waals surface area (Å²) < 4.78 is 0. The van der Waals surface area contributed by atoms with Gasteiger partial charge < -0.3 is 10.6 Å². The molecule has 6 nitrogen and oxygen atoms in total. The van der Waals surface area contributed by atoms with E-state index >= 15 is 0 Å². The molecule has 0 bridgehead atoms. The summed E-state index contributed by atoms with van der Waals surface area (Å²) in [7, 11) is 0. The van der Waals surface area contributed by atoms with Crippen molar-refractivity contribution in [2.45, 2.75) is 38.8 Å². The first-order valence-electron chi connectivity index (χ1n) is 9.33. The van der Waals surface area contributed by atoms with Crippen LogP contribution in [0.5, 0.6) is 0 Å². The first-order chi connectivity index (χ1) is 14.4. The van der Waals surface area contributed by atoms with E-state index in [4.69, 9.17) is 33.7 Å². The molecule has 0 saturated heterocycles. The zero-order chi connectivity index (χ0) is 21.9. The van der Waals surface area contributed by atoms with E-state index in [2.05, 4.69) is 10.6 Å². The fourth-order valence-electron chi connectivity index (χ4n) is 2.67. The van der Waals surface area contributed by atoms with E-state index in [1.54, 1.807) is 36.4 Å². The van der Waals surface area contributed by atoms with Gasteiger partial charge in [0.05, 0.1) is 21.2 Å². The van der Waals surface area contributed by atoms with E-state index in [9.17, 15) is 9.59 Å². The second-order valence-corrected chi connectivity index (χ2v) is 7.43. The van der Waals surface area contributed by atoms with Crippen molar-refractivity contribution in [3.8, 4) is 12.1 Å². The molecule has 0 fully saturated rings. The van der Waals surface area contributed by atoms with Gasteiger partial charge in [-0.3, -0.25) is 9.59 Å². The summed E-state index contributed by atoms with van der Waals surface area (Å²) in [6, 6.07) is 14.0. The van der Waals surface area contributed by atoms with Crippen LogP contribution in [-0.4, -0.2) is 11.8 Å². The largest absolute Gasteiger partial charge is 0.352 e. The smallest absolute Gasteiger partial charge is 0.220 e. The number of hydrogen-bond donors (Lipinski definition) is 2. The standard InChI is InChI=1S/C22H20Cl2N4O2/c23-19-9-15(5-7-17(19)11-25)13-27-21(29)3-1-2-4-22(30)28-14-16-6-8-18(12-26)20(24)10-16/h5-10H,1-4,13-14H2,(H,27,29)(H,28,30). The summed E-state index contributed by atoms with van der Waals surface area (Å²) in [5.41, 5.74) is 2.42. The molecule has 2 N–H and O–H groups in total. The van der Waals surface area contributed by atoms with Gasteiger partial charge in [0, 0.05) is 25.9 Å². The van der Waals surface area contributed by atoms with Crippen molar-refractivity contribution in [3.05, 3.63) is 68.7 Å². The zero-order valence-electron chi connectivity index (χ0n) is 16.2. The van der Waals surface area contributed by atoms with Crippen LogP contribution in [-0.2, 0) is 22.7 Å². The summed E-state index contributed by atoms with van der Waals surface area (Å²) in [5, 5.41) is 24.0. The number of nitrogens with zero attached hydrogens (tertiary/aromatic N) is 2. The van der Waals surface area contributed by atoms with Gasteiger partial charge in [-0.1, -0.05) is 35.3 Å². The highest BCUT2D eigenvalue weighted by Gasteiger charge is 2.07. The van der Waals surface area contributed by atoms with Gasteiger partial charge in [0.1, 0.15) is 12.1 Å². The molecule has 0 aromatic heterocycles. The quantitative estimate of drug-likeness (QED) is 0.566. The number of carbonyl (C=O) groups excluding carboxylic acids is 2. The minimum absolute atomic E-state index is 0.108. The van der Waals surface area contributed by atoms with Gasteiger partial charge in [0.15, 0.2) is 0 Å². The number of nitrogens with one attached hydrogen (secondary N) is 2. The van der Waals surface area contributed by atoms with Gasteiger partial charge in [-0.05, 0) is 48.2 Å². The van der Waals surface area contributed by atoms with Gasteiger partial charge in [-0.15, -0.1) is 0 Å². The lowest BCUT2D eigenvalue weighted by atomic mass is 10.1. The van der Waals surface area contributed by atoms with Gasteiger partial charge in [-0.2, -0.15) is 10.5 Å². The Balaban J connectivity index is 1.62. The molecule has 0 radical (unpaired) electrons. The molecule has 2 aromatic rings. The summed E-state index contributed by atoms with van der Waals surface area (Å²) in [5.74, 6) is -0.216. The first kappa shape index (κ1) is 23.2. The maximum Gasteiger partial charge on any atom is 0.220 e. The molecule has 8 heteroatoms. The predicted octanol–water partition coefficient (Wildman–Crippen LogP) is 4.23. The second-order valence-electron chi connectivity index (χ2n) is 6.61. The molecule has 2 amide bonds. The van der Waals surface area contributed by atoms with Crippen LogP contribution in [0, 0.1) is 22.7 Å². The molecule has 0 atom stereocenters. The first-order valence-corrected chi connectivity index (χ1v) is 10.1. The maximum absolute atomic E-state index is 11.9. The van der Waals surface area contributed by atoms with Crippen molar-refractivity contribution in [1.29, 1.82) is 10.5 Å². The Kier molecular flexibility index (Phi) is 9.15. The average molecular weight is 443 g/mol. The Morgan fingerprint density at radius 2 is 1.17 bits per heavy atom. The number of halogens is 2. The van der Waals surface area contributed by atoms with Crippen LogP contribution >= 0.6 is 23.2 Å². The van der Waals surface area contributed by atoms with Crippen molar-refractivity contribution in [3.63, 3.8) is 0 Å². The molecule has 0 aliphatic carbocycles. The maximum atomic E-state index is 11.9. The van der Waals surface area contributed by atoms with Crippen molar-refractivity contribution >= 4 is 35.0 Å². The number of unbranched alkanes of at least 4 members (excludes halogenated alkanes) is 1. The third-order valence-corrected chi connectivity index (χ3v) is 4.97. The van der Waals surface area contributed by atoms with E-state index < -0.39 is 0 Å². The highest BCUT2D eigenvalue weighted by molar-refractivity contribution is 6.32. The highest BCUT2D eigenvalue weighted by atomic mass is 35.5. The Labute approximate surface area is 185 Å². The second kappa shape index (κ2) is 11.8. The molecular weight excluding hydrogens is 423 g/mol. The third kappa shape index (κ3) is 7.40. The minimum Gasteiger partial charge on any atom is -0.352 e. The molecule has 0 saturated carbocycles. The van der Waals surface area contributed by atoms with Gasteiger partial charge >= 0.3 is 0 Å². The van der Waals surface area contributed by atoms with Crippen LogP contribution < -0.4 is 10.6 Å². The van der Waals surface area contributed by atoms with Crippen LogP contribution in [0.1, 0.15) is 47.9 Å². The lowest BCUT2D eigenvalue weighted by Crippen LogP contribution is -2.23. The normalized spacial score (nSPS) is 10.0. The Morgan fingerprint density at radius 3 is 1.50 bits per heavy atom. The Bertz CT molecular complexity index is 928. The van der Waals surface area contributed by atoms with E-state index in [0.29, 0.717) is 59.9 Å². The number of hydrogen-bond acceptors (Lipinski definition) is 4. The number of nitriles is 2. The predicted molar refractivity (Wildman–Crippen MR) is 114 cm³/mol. The van der Waals surface area contributed by atoms with Crippen LogP contribution in [0.25, 0.3) is 0 Å². The number of benzene rings is 2. The van der Waals surface area contributed by atoms with Gasteiger partial charge in [0.2, 0.25) is 11.8 Å². The monoisotopic (exact) mass is 442 g/mol. The number of carbonyl (C=O) groups is 2. The highest BCUT2D eigenvalue weighted by Crippen LogP contribution is 2.17. The summed E-state index contributed by atoms with van der Waals surface area (Å²) >= 11 is 11.9. The molecule has 30 heavy (non-hydrogen) atoms. The van der Waals surface area contributed by atoms with Crippen LogP contribution in [0.3, 0.4) is 0 Å². The van der Waals surface area contributed by atoms with E-state index in [1.807, 2.05) is 12.1 Å². The fraction of sp³-hybridized carbons (Fsp3) is 0.273. The minimum atomic E-state index is -0.108. The van der Waals surface area contributed by atoms with Crippen molar-refractivity contribution in [2.75, 3.05) is 0 Å². The molecule has 2 rings (SSSR count). The molecular formula is C22H20Cl2N4O2.